The molecule has 0 spiro atoms. The number of hydrogen-bond acceptors (Lipinski definition) is 4. The van der Waals surface area contributed by atoms with Crippen molar-refractivity contribution in [3.63, 3.8) is 0 Å². The van der Waals surface area contributed by atoms with E-state index in [1.807, 2.05) is 19.2 Å². The van der Waals surface area contributed by atoms with Crippen molar-refractivity contribution in [2.24, 2.45) is 5.41 Å². The Morgan fingerprint density at radius 2 is 1.81 bits per heavy atom. The van der Waals surface area contributed by atoms with E-state index in [0.29, 0.717) is 12.3 Å². The zero-order valence-electron chi connectivity index (χ0n) is 16.6. The van der Waals surface area contributed by atoms with Crippen LogP contribution >= 0.6 is 0 Å². The van der Waals surface area contributed by atoms with Crippen molar-refractivity contribution in [1.29, 1.82) is 0 Å². The Morgan fingerprint density at radius 1 is 1.15 bits per heavy atom. The molecule has 1 amide bonds. The average molecular weight is 358 g/mol. The second kappa shape index (κ2) is 7.41. The number of rotatable bonds is 5. The minimum atomic E-state index is -0.0634. The largest absolute Gasteiger partial charge is 0.451 e. The van der Waals surface area contributed by atoms with Gasteiger partial charge in [-0.25, -0.2) is 0 Å². The lowest BCUT2D eigenvalue weighted by atomic mass is 9.91. The topological polar surface area (TPSA) is 45.9 Å². The third-order valence-corrected chi connectivity index (χ3v) is 5.11. The highest BCUT2D eigenvalue weighted by molar-refractivity contribution is 5.96. The molecule has 0 atom stereocenters. The van der Waals surface area contributed by atoms with Gasteiger partial charge in [-0.1, -0.05) is 13.8 Å². The van der Waals surface area contributed by atoms with Crippen LogP contribution in [-0.2, 0) is 4.74 Å². The van der Waals surface area contributed by atoms with Crippen LogP contribution in [0.2, 0.25) is 0 Å². The number of ether oxygens (including phenoxy) is 1. The van der Waals surface area contributed by atoms with E-state index >= 15 is 0 Å². The molecule has 26 heavy (non-hydrogen) atoms. The van der Waals surface area contributed by atoms with E-state index in [1.165, 1.54) is 11.1 Å². The maximum Gasteiger partial charge on any atom is 0.289 e. The van der Waals surface area contributed by atoms with E-state index < -0.39 is 0 Å². The van der Waals surface area contributed by atoms with Crippen LogP contribution in [0.4, 0.5) is 0 Å². The molecule has 1 saturated heterocycles. The van der Waals surface area contributed by atoms with Crippen molar-refractivity contribution in [2.45, 2.75) is 27.7 Å². The predicted octanol–water partition coefficient (Wildman–Crippen LogP) is 3.48. The normalized spacial score (nSPS) is 16.2. The molecule has 1 aromatic carbocycles. The first-order valence-corrected chi connectivity index (χ1v) is 9.31. The number of benzene rings is 1. The van der Waals surface area contributed by atoms with Crippen LogP contribution < -0.4 is 0 Å². The van der Waals surface area contributed by atoms with Gasteiger partial charge < -0.3 is 14.1 Å². The molecule has 5 heteroatoms. The summed E-state index contributed by atoms with van der Waals surface area (Å²) in [7, 11) is 1.85. The Kier molecular flexibility index (Phi) is 5.39. The summed E-state index contributed by atoms with van der Waals surface area (Å²) in [6.45, 7) is 13.7. The number of fused-ring (bicyclic) bond motifs is 1. The van der Waals surface area contributed by atoms with Gasteiger partial charge in [0.2, 0.25) is 0 Å². The van der Waals surface area contributed by atoms with Gasteiger partial charge in [-0.2, -0.15) is 0 Å². The highest BCUT2D eigenvalue weighted by atomic mass is 16.5. The molecule has 142 valence electrons. The van der Waals surface area contributed by atoms with Gasteiger partial charge in [-0.15, -0.1) is 0 Å². The smallest absolute Gasteiger partial charge is 0.289 e. The molecule has 0 unspecified atom stereocenters. The quantitative estimate of drug-likeness (QED) is 0.821. The molecule has 0 bridgehead atoms. The minimum absolute atomic E-state index is 0.000934. The zero-order valence-corrected chi connectivity index (χ0v) is 16.6. The van der Waals surface area contributed by atoms with Crippen LogP contribution in [0.15, 0.2) is 22.6 Å². The fourth-order valence-electron chi connectivity index (χ4n) is 3.72. The summed E-state index contributed by atoms with van der Waals surface area (Å²) in [5, 5.41) is 0.984. The highest BCUT2D eigenvalue weighted by Crippen LogP contribution is 2.25. The zero-order chi connectivity index (χ0) is 18.9. The first-order chi connectivity index (χ1) is 12.2. The second-order valence-electron chi connectivity index (χ2n) is 8.30. The Bertz CT molecular complexity index is 749. The van der Waals surface area contributed by atoms with E-state index in [2.05, 4.69) is 38.7 Å². The van der Waals surface area contributed by atoms with E-state index in [9.17, 15) is 4.79 Å². The molecule has 2 aromatic rings. The average Bonchev–Trinajstić information content (AvgIpc) is 2.97. The summed E-state index contributed by atoms with van der Waals surface area (Å²) in [5.74, 6) is 0.348. The number of morpholine rings is 1. The highest BCUT2D eigenvalue weighted by Gasteiger charge is 2.28. The Balaban J connectivity index is 1.68. The molecular formula is C21H30N2O3. The molecule has 0 radical (unpaired) electrons. The van der Waals surface area contributed by atoms with Crippen molar-refractivity contribution in [2.75, 3.05) is 46.4 Å². The molecule has 2 heterocycles. The summed E-state index contributed by atoms with van der Waals surface area (Å²) >= 11 is 0. The summed E-state index contributed by atoms with van der Waals surface area (Å²) < 4.78 is 11.3. The molecule has 1 aromatic heterocycles. The SMILES string of the molecule is Cc1cc2cc(C(=O)N(C)CC(C)(C)CN3CCOCC3)oc2cc1C. The van der Waals surface area contributed by atoms with Gasteiger partial charge >= 0.3 is 0 Å². The summed E-state index contributed by atoms with van der Waals surface area (Å²) in [5.41, 5.74) is 3.15. The van der Waals surface area contributed by atoms with Gasteiger partial charge in [0.25, 0.3) is 5.91 Å². The lowest BCUT2D eigenvalue weighted by Gasteiger charge is -2.36. The fraction of sp³-hybridized carbons (Fsp3) is 0.571. The molecule has 3 rings (SSSR count). The fourth-order valence-corrected chi connectivity index (χ4v) is 3.72. The number of carbonyl (C=O) groups is 1. The van der Waals surface area contributed by atoms with Crippen LogP contribution in [0.3, 0.4) is 0 Å². The number of amides is 1. The molecule has 0 N–H and O–H groups in total. The maximum atomic E-state index is 12.9. The summed E-state index contributed by atoms with van der Waals surface area (Å²) in [6.07, 6.45) is 0. The van der Waals surface area contributed by atoms with Crippen LogP contribution in [0.5, 0.6) is 0 Å². The van der Waals surface area contributed by atoms with Gasteiger partial charge in [-0.3, -0.25) is 9.69 Å². The van der Waals surface area contributed by atoms with Crippen molar-refractivity contribution in [3.8, 4) is 0 Å². The van der Waals surface area contributed by atoms with Crippen molar-refractivity contribution >= 4 is 16.9 Å². The monoisotopic (exact) mass is 358 g/mol. The van der Waals surface area contributed by atoms with E-state index in [4.69, 9.17) is 9.15 Å². The molecule has 5 nitrogen and oxygen atoms in total. The Hall–Kier alpha value is -1.85. The van der Waals surface area contributed by atoms with Gasteiger partial charge in [0.15, 0.2) is 5.76 Å². The number of aryl methyl sites for hydroxylation is 2. The molecule has 1 aliphatic heterocycles. The molecule has 1 fully saturated rings. The van der Waals surface area contributed by atoms with E-state index in [-0.39, 0.29) is 11.3 Å². The Labute approximate surface area is 155 Å². The van der Waals surface area contributed by atoms with Crippen LogP contribution in [-0.4, -0.2) is 62.1 Å². The first-order valence-electron chi connectivity index (χ1n) is 9.31. The summed E-state index contributed by atoms with van der Waals surface area (Å²) in [6, 6.07) is 5.94. The minimum Gasteiger partial charge on any atom is -0.451 e. The van der Waals surface area contributed by atoms with Crippen molar-refractivity contribution in [3.05, 3.63) is 35.1 Å². The number of furan rings is 1. The van der Waals surface area contributed by atoms with Gasteiger partial charge in [0.1, 0.15) is 5.58 Å². The Morgan fingerprint density at radius 3 is 2.50 bits per heavy atom. The second-order valence-corrected chi connectivity index (χ2v) is 8.30. The number of carbonyl (C=O) groups excluding carboxylic acids is 1. The van der Waals surface area contributed by atoms with Crippen LogP contribution in [0.1, 0.15) is 35.5 Å². The van der Waals surface area contributed by atoms with Crippen LogP contribution in [0, 0.1) is 19.3 Å². The van der Waals surface area contributed by atoms with E-state index in [0.717, 1.165) is 43.8 Å². The predicted molar refractivity (Wildman–Crippen MR) is 104 cm³/mol. The maximum absolute atomic E-state index is 12.9. The van der Waals surface area contributed by atoms with Gasteiger partial charge in [-0.05, 0) is 48.6 Å². The third kappa shape index (κ3) is 4.27. The van der Waals surface area contributed by atoms with Crippen LogP contribution in [0.25, 0.3) is 11.0 Å². The van der Waals surface area contributed by atoms with Crippen molar-refractivity contribution < 1.29 is 13.9 Å². The molecule has 1 aliphatic rings. The molecular weight excluding hydrogens is 328 g/mol. The molecule has 0 aliphatic carbocycles. The number of hydrogen-bond donors (Lipinski definition) is 0. The first kappa shape index (κ1) is 18.9. The lowest BCUT2D eigenvalue weighted by molar-refractivity contribution is 0.0160. The molecule has 0 saturated carbocycles. The lowest BCUT2D eigenvalue weighted by Crippen LogP contribution is -2.46. The third-order valence-electron chi connectivity index (χ3n) is 5.11. The van der Waals surface area contributed by atoms with Crippen molar-refractivity contribution in [1.82, 2.24) is 9.80 Å². The standard InChI is InChI=1S/C21H30N2O3/c1-15-10-17-12-19(26-18(17)11-16(15)2)20(24)22(5)13-21(3,4)14-23-6-8-25-9-7-23/h10-12H,6-9,13-14H2,1-5H3. The van der Waals surface area contributed by atoms with Gasteiger partial charge in [0, 0.05) is 38.6 Å². The van der Waals surface area contributed by atoms with E-state index in [1.54, 1.807) is 4.90 Å². The van der Waals surface area contributed by atoms with Gasteiger partial charge in [0.05, 0.1) is 13.2 Å². The number of nitrogens with zero attached hydrogens (tertiary/aromatic N) is 2. The summed E-state index contributed by atoms with van der Waals surface area (Å²) in [4.78, 5) is 17.0.